The molecule has 7 nitrogen and oxygen atoms in total. The summed E-state index contributed by atoms with van der Waals surface area (Å²) in [6.07, 6.45) is 0.978. The highest BCUT2D eigenvalue weighted by Crippen LogP contribution is 2.34. The van der Waals surface area contributed by atoms with Gasteiger partial charge in [-0.05, 0) is 44.2 Å². The Morgan fingerprint density at radius 1 is 1.03 bits per heavy atom. The first kappa shape index (κ1) is 21.8. The molecule has 0 spiro atoms. The van der Waals surface area contributed by atoms with E-state index in [1.165, 1.54) is 7.05 Å². The zero-order valence-corrected chi connectivity index (χ0v) is 17.6. The highest BCUT2D eigenvalue weighted by molar-refractivity contribution is 7.88. The van der Waals surface area contributed by atoms with Gasteiger partial charge in [-0.3, -0.25) is 9.78 Å². The fourth-order valence-corrected chi connectivity index (χ4v) is 3.80. The van der Waals surface area contributed by atoms with Crippen LogP contribution >= 0.6 is 0 Å². The molecule has 0 N–H and O–H groups in total. The number of hydrogen-bond acceptors (Lipinski definition) is 6. The second-order valence-electron chi connectivity index (χ2n) is 6.89. The standard InChI is InChI=1S/C19H18F3N3O4S/c1-9-6-7-13(16-10(2)11(3)24-12(4)15(9)16)17(26)14-8-23-25(5)18(14)29-30(27,28)19(20,21)22/h6-8H,1-5H3. The Bertz CT molecular complexity index is 1290. The van der Waals surface area contributed by atoms with Gasteiger partial charge in [-0.15, -0.1) is 0 Å². The number of rotatable bonds is 4. The Morgan fingerprint density at radius 2 is 1.67 bits per heavy atom. The summed E-state index contributed by atoms with van der Waals surface area (Å²) < 4.78 is 66.3. The molecule has 0 amide bonds. The van der Waals surface area contributed by atoms with Crippen LogP contribution in [0.4, 0.5) is 13.2 Å². The number of carbonyl (C=O) groups excluding carboxylic acids is 1. The number of alkyl halides is 3. The average Bonchev–Trinajstić information content (AvgIpc) is 2.98. The van der Waals surface area contributed by atoms with Crippen LogP contribution in [-0.2, 0) is 17.2 Å². The summed E-state index contributed by atoms with van der Waals surface area (Å²) in [6.45, 7) is 7.22. The van der Waals surface area contributed by atoms with Crippen molar-refractivity contribution in [3.8, 4) is 5.88 Å². The molecule has 0 bridgehead atoms. The fourth-order valence-electron chi connectivity index (χ4n) is 3.30. The van der Waals surface area contributed by atoms with Crippen LogP contribution in [0.15, 0.2) is 18.3 Å². The normalized spacial score (nSPS) is 12.4. The van der Waals surface area contributed by atoms with Gasteiger partial charge in [-0.25, -0.2) is 4.68 Å². The zero-order valence-electron chi connectivity index (χ0n) is 16.7. The quantitative estimate of drug-likeness (QED) is 0.349. The van der Waals surface area contributed by atoms with Crippen LogP contribution in [0.1, 0.15) is 38.4 Å². The van der Waals surface area contributed by atoms with Gasteiger partial charge in [0.05, 0.1) is 6.20 Å². The molecular weight excluding hydrogens is 423 g/mol. The summed E-state index contributed by atoms with van der Waals surface area (Å²) in [5, 5.41) is 5.06. The number of halogens is 3. The van der Waals surface area contributed by atoms with Crippen LogP contribution in [0.2, 0.25) is 0 Å². The van der Waals surface area contributed by atoms with Gasteiger partial charge in [-0.2, -0.15) is 26.7 Å². The first-order valence-electron chi connectivity index (χ1n) is 8.70. The number of carbonyl (C=O) groups is 1. The van der Waals surface area contributed by atoms with E-state index in [2.05, 4.69) is 14.3 Å². The van der Waals surface area contributed by atoms with E-state index in [4.69, 9.17) is 0 Å². The molecule has 0 fully saturated rings. The number of ketones is 1. The lowest BCUT2D eigenvalue weighted by atomic mass is 9.91. The minimum absolute atomic E-state index is 0.184. The molecule has 30 heavy (non-hydrogen) atoms. The van der Waals surface area contributed by atoms with Crippen LogP contribution in [0.3, 0.4) is 0 Å². The van der Waals surface area contributed by atoms with Gasteiger partial charge in [0, 0.05) is 29.4 Å². The molecule has 2 heterocycles. The second-order valence-corrected chi connectivity index (χ2v) is 8.42. The number of aryl methyl sites for hydroxylation is 5. The monoisotopic (exact) mass is 441 g/mol. The third kappa shape index (κ3) is 3.42. The Kier molecular flexibility index (Phi) is 5.13. The molecule has 11 heteroatoms. The minimum Gasteiger partial charge on any atom is -0.355 e. The number of hydrogen-bond donors (Lipinski definition) is 0. The van der Waals surface area contributed by atoms with Crippen molar-refractivity contribution in [1.29, 1.82) is 0 Å². The van der Waals surface area contributed by atoms with Crippen molar-refractivity contribution in [2.24, 2.45) is 7.05 Å². The summed E-state index contributed by atoms with van der Waals surface area (Å²) in [7, 11) is -4.80. The Morgan fingerprint density at radius 3 is 2.27 bits per heavy atom. The molecular formula is C19H18F3N3O4S. The maximum Gasteiger partial charge on any atom is 0.534 e. The summed E-state index contributed by atoms with van der Waals surface area (Å²) in [5.41, 5.74) is -2.87. The third-order valence-electron chi connectivity index (χ3n) is 4.87. The van der Waals surface area contributed by atoms with Gasteiger partial charge in [0.1, 0.15) is 5.56 Å². The SMILES string of the molecule is Cc1nc(C)c2c(C)ccc(C(=O)c3cnn(C)c3OS(=O)(=O)C(F)(F)F)c2c1C. The van der Waals surface area contributed by atoms with Crippen molar-refractivity contribution in [3.63, 3.8) is 0 Å². The van der Waals surface area contributed by atoms with E-state index in [-0.39, 0.29) is 5.56 Å². The van der Waals surface area contributed by atoms with E-state index >= 15 is 0 Å². The molecule has 0 unspecified atom stereocenters. The van der Waals surface area contributed by atoms with Crippen molar-refractivity contribution in [2.75, 3.05) is 0 Å². The molecule has 3 aromatic rings. The van der Waals surface area contributed by atoms with Crippen molar-refractivity contribution in [1.82, 2.24) is 14.8 Å². The Balaban J connectivity index is 2.24. The summed E-state index contributed by atoms with van der Waals surface area (Å²) in [6, 6.07) is 3.24. The Hall–Kier alpha value is -2.95. The van der Waals surface area contributed by atoms with Crippen molar-refractivity contribution >= 4 is 26.7 Å². The predicted molar refractivity (Wildman–Crippen MR) is 103 cm³/mol. The molecule has 0 aliphatic rings. The van der Waals surface area contributed by atoms with Gasteiger partial charge in [0.2, 0.25) is 11.7 Å². The number of nitrogens with zero attached hydrogens (tertiary/aromatic N) is 3. The van der Waals surface area contributed by atoms with Gasteiger partial charge in [-0.1, -0.05) is 12.1 Å². The smallest absolute Gasteiger partial charge is 0.355 e. The Labute approximate surface area is 170 Å². The number of aromatic nitrogens is 3. The molecule has 0 aliphatic heterocycles. The van der Waals surface area contributed by atoms with E-state index in [1.807, 2.05) is 6.92 Å². The molecule has 2 aromatic heterocycles. The largest absolute Gasteiger partial charge is 0.534 e. The van der Waals surface area contributed by atoms with Gasteiger partial charge in [0.25, 0.3) is 0 Å². The number of benzene rings is 1. The number of fused-ring (bicyclic) bond motifs is 1. The predicted octanol–water partition coefficient (Wildman–Crippen LogP) is 3.66. The van der Waals surface area contributed by atoms with E-state index in [9.17, 15) is 26.4 Å². The van der Waals surface area contributed by atoms with Crippen LogP contribution in [-0.4, -0.2) is 34.5 Å². The summed E-state index contributed by atoms with van der Waals surface area (Å²) >= 11 is 0. The molecule has 0 saturated carbocycles. The van der Waals surface area contributed by atoms with Gasteiger partial charge >= 0.3 is 15.6 Å². The molecule has 0 aliphatic carbocycles. The van der Waals surface area contributed by atoms with Crippen LogP contribution in [0.5, 0.6) is 5.88 Å². The molecule has 3 rings (SSSR count). The summed E-state index contributed by atoms with van der Waals surface area (Å²) in [5.74, 6) is -1.53. The first-order valence-corrected chi connectivity index (χ1v) is 10.1. The topological polar surface area (TPSA) is 91.2 Å². The fraction of sp³-hybridized carbons (Fsp3) is 0.316. The second kappa shape index (κ2) is 7.08. The highest BCUT2D eigenvalue weighted by atomic mass is 32.2. The minimum atomic E-state index is -5.98. The first-order chi connectivity index (χ1) is 13.8. The van der Waals surface area contributed by atoms with Gasteiger partial charge in [0.15, 0.2) is 0 Å². The molecule has 0 atom stereocenters. The van der Waals surface area contributed by atoms with Crippen LogP contribution in [0.25, 0.3) is 10.8 Å². The zero-order chi connectivity index (χ0) is 22.6. The lowest BCUT2D eigenvalue weighted by Gasteiger charge is -2.15. The number of pyridine rings is 1. The van der Waals surface area contributed by atoms with Gasteiger partial charge < -0.3 is 4.18 Å². The molecule has 0 radical (unpaired) electrons. The highest BCUT2D eigenvalue weighted by Gasteiger charge is 2.49. The summed E-state index contributed by atoms with van der Waals surface area (Å²) in [4.78, 5) is 17.8. The molecule has 0 saturated heterocycles. The average molecular weight is 441 g/mol. The van der Waals surface area contributed by atoms with Crippen molar-refractivity contribution < 1.29 is 30.6 Å². The molecule has 1 aromatic carbocycles. The maximum atomic E-state index is 13.3. The molecule has 160 valence electrons. The lowest BCUT2D eigenvalue weighted by molar-refractivity contribution is -0.0502. The van der Waals surface area contributed by atoms with Crippen LogP contribution < -0.4 is 4.18 Å². The van der Waals surface area contributed by atoms with Crippen LogP contribution in [0, 0.1) is 27.7 Å². The van der Waals surface area contributed by atoms with E-state index in [0.29, 0.717) is 16.8 Å². The van der Waals surface area contributed by atoms with Crippen molar-refractivity contribution in [2.45, 2.75) is 33.2 Å². The third-order valence-corrected chi connectivity index (χ3v) is 5.82. The lowest BCUT2D eigenvalue weighted by Crippen LogP contribution is -2.29. The van der Waals surface area contributed by atoms with E-state index in [0.717, 1.165) is 27.4 Å². The van der Waals surface area contributed by atoms with E-state index < -0.39 is 32.9 Å². The van der Waals surface area contributed by atoms with E-state index in [1.54, 1.807) is 32.9 Å². The maximum absolute atomic E-state index is 13.3. The van der Waals surface area contributed by atoms with Crippen molar-refractivity contribution in [3.05, 3.63) is 52.0 Å².